The molecule has 0 N–H and O–H groups in total. The fourth-order valence-electron chi connectivity index (χ4n) is 3.35. The second kappa shape index (κ2) is 7.02. The van der Waals surface area contributed by atoms with Crippen LogP contribution in [0.15, 0.2) is 52.1 Å². The van der Waals surface area contributed by atoms with E-state index in [4.69, 9.17) is 9.47 Å². The van der Waals surface area contributed by atoms with E-state index in [9.17, 15) is 5.26 Å². The number of benzene rings is 2. The van der Waals surface area contributed by atoms with Gasteiger partial charge in [0.25, 0.3) is 0 Å². The molecule has 0 spiro atoms. The van der Waals surface area contributed by atoms with Crippen molar-refractivity contribution in [1.29, 1.82) is 5.26 Å². The lowest BCUT2D eigenvalue weighted by atomic mass is 10.2. The third-order valence-corrected chi connectivity index (χ3v) is 5.14. The molecule has 2 aromatic carbocycles. The van der Waals surface area contributed by atoms with Gasteiger partial charge in [-0.25, -0.2) is 0 Å². The third kappa shape index (κ3) is 2.72. The Kier molecular flexibility index (Phi) is 4.53. The van der Waals surface area contributed by atoms with Gasteiger partial charge in [-0.05, 0) is 30.3 Å². The molecule has 8 heteroatoms. The SMILES string of the molecule is COc1ccc(-n2c(=NC#N)n(C)c3cnc4ccc(Br)cc4c32)c(OC)c1. The van der Waals surface area contributed by atoms with Crippen molar-refractivity contribution >= 4 is 37.9 Å². The van der Waals surface area contributed by atoms with Gasteiger partial charge in [0.05, 0.1) is 42.7 Å². The molecule has 0 bridgehead atoms. The standard InChI is InChI=1S/C20H16BrN5O2/c1-25-17-10-23-15-6-4-12(21)8-14(15)19(17)26(20(25)24-11-22)16-7-5-13(27-2)9-18(16)28-3/h4-10H,1-3H3. The normalized spacial score (nSPS) is 11.8. The van der Waals surface area contributed by atoms with Crippen molar-refractivity contribution in [1.82, 2.24) is 14.1 Å². The molecule has 0 saturated carbocycles. The van der Waals surface area contributed by atoms with Crippen LogP contribution in [0.3, 0.4) is 0 Å². The van der Waals surface area contributed by atoms with Crippen molar-refractivity contribution in [2.24, 2.45) is 12.0 Å². The molecule has 4 aromatic rings. The molecular weight excluding hydrogens is 422 g/mol. The molecule has 0 aliphatic rings. The molecule has 0 amide bonds. The van der Waals surface area contributed by atoms with Crippen molar-refractivity contribution in [3.05, 3.63) is 52.7 Å². The lowest BCUT2D eigenvalue weighted by Crippen LogP contribution is -2.23. The van der Waals surface area contributed by atoms with Gasteiger partial charge in [-0.3, -0.25) is 9.55 Å². The number of imidazole rings is 1. The maximum atomic E-state index is 9.29. The van der Waals surface area contributed by atoms with Crippen molar-refractivity contribution in [3.63, 3.8) is 0 Å². The molecule has 0 fully saturated rings. The van der Waals surface area contributed by atoms with E-state index in [0.29, 0.717) is 17.1 Å². The molecule has 2 aromatic heterocycles. The summed E-state index contributed by atoms with van der Waals surface area (Å²) in [4.78, 5) is 8.63. The molecule has 28 heavy (non-hydrogen) atoms. The number of ether oxygens (including phenoxy) is 2. The molecule has 7 nitrogen and oxygen atoms in total. The van der Waals surface area contributed by atoms with Crippen molar-refractivity contribution in [2.75, 3.05) is 14.2 Å². The van der Waals surface area contributed by atoms with Crippen LogP contribution in [-0.4, -0.2) is 28.3 Å². The van der Waals surface area contributed by atoms with Crippen LogP contribution in [0.1, 0.15) is 0 Å². The molecular formula is C20H16BrN5O2. The van der Waals surface area contributed by atoms with Gasteiger partial charge in [-0.2, -0.15) is 5.26 Å². The summed E-state index contributed by atoms with van der Waals surface area (Å²) in [6.07, 6.45) is 3.69. The molecule has 140 valence electrons. The molecule has 0 aliphatic carbocycles. The number of fused-ring (bicyclic) bond motifs is 3. The third-order valence-electron chi connectivity index (χ3n) is 4.65. The van der Waals surface area contributed by atoms with Crippen LogP contribution in [0.4, 0.5) is 0 Å². The van der Waals surface area contributed by atoms with Crippen LogP contribution in [0.5, 0.6) is 11.5 Å². The highest BCUT2D eigenvalue weighted by Gasteiger charge is 2.18. The smallest absolute Gasteiger partial charge is 0.226 e. The number of methoxy groups -OCH3 is 2. The van der Waals surface area contributed by atoms with E-state index in [1.807, 2.05) is 52.7 Å². The lowest BCUT2D eigenvalue weighted by molar-refractivity contribution is 0.393. The highest BCUT2D eigenvalue weighted by atomic mass is 79.9. The van der Waals surface area contributed by atoms with Crippen LogP contribution < -0.4 is 15.1 Å². The maximum absolute atomic E-state index is 9.29. The zero-order valence-corrected chi connectivity index (χ0v) is 17.1. The average molecular weight is 438 g/mol. The van der Waals surface area contributed by atoms with Crippen LogP contribution in [0.25, 0.3) is 27.6 Å². The van der Waals surface area contributed by atoms with Gasteiger partial charge in [0.2, 0.25) is 11.8 Å². The molecule has 0 radical (unpaired) electrons. The molecule has 0 saturated heterocycles. The average Bonchev–Trinajstić information content (AvgIpc) is 3.00. The van der Waals surface area contributed by atoms with Crippen molar-refractivity contribution in [2.45, 2.75) is 0 Å². The number of hydrogen-bond donors (Lipinski definition) is 0. The minimum Gasteiger partial charge on any atom is -0.497 e. The van der Waals surface area contributed by atoms with Gasteiger partial charge in [0, 0.05) is 23.0 Å². The quantitative estimate of drug-likeness (QED) is 0.458. The predicted molar refractivity (Wildman–Crippen MR) is 110 cm³/mol. The number of halogens is 1. The highest BCUT2D eigenvalue weighted by molar-refractivity contribution is 9.10. The Morgan fingerprint density at radius 3 is 2.68 bits per heavy atom. The van der Waals surface area contributed by atoms with E-state index in [0.717, 1.165) is 32.1 Å². The highest BCUT2D eigenvalue weighted by Crippen LogP contribution is 2.32. The van der Waals surface area contributed by atoms with Crippen molar-refractivity contribution in [3.8, 4) is 23.4 Å². The van der Waals surface area contributed by atoms with Gasteiger partial charge in [-0.1, -0.05) is 15.9 Å². The number of aromatic nitrogens is 3. The fourth-order valence-corrected chi connectivity index (χ4v) is 3.71. The maximum Gasteiger partial charge on any atom is 0.226 e. The van der Waals surface area contributed by atoms with E-state index >= 15 is 0 Å². The minimum atomic E-state index is 0.468. The zero-order chi connectivity index (χ0) is 19.8. The van der Waals surface area contributed by atoms with Gasteiger partial charge >= 0.3 is 0 Å². The number of nitrogens with zero attached hydrogens (tertiary/aromatic N) is 5. The fraction of sp³-hybridized carbons (Fsp3) is 0.150. The number of aryl methyl sites for hydroxylation is 1. The summed E-state index contributed by atoms with van der Waals surface area (Å²) in [5.74, 6) is 1.28. The van der Waals surface area contributed by atoms with Crippen molar-refractivity contribution < 1.29 is 9.47 Å². The Hall–Kier alpha value is -3.31. The van der Waals surface area contributed by atoms with Crippen LogP contribution in [0, 0.1) is 11.5 Å². The van der Waals surface area contributed by atoms with Crippen LogP contribution >= 0.6 is 15.9 Å². The number of pyridine rings is 1. The van der Waals surface area contributed by atoms with Gasteiger partial charge < -0.3 is 14.0 Å². The summed E-state index contributed by atoms with van der Waals surface area (Å²) in [5.41, 5.74) is 3.78. The summed E-state index contributed by atoms with van der Waals surface area (Å²) >= 11 is 3.54. The van der Waals surface area contributed by atoms with E-state index < -0.39 is 0 Å². The van der Waals surface area contributed by atoms with Crippen LogP contribution in [0.2, 0.25) is 0 Å². The first kappa shape index (κ1) is 18.1. The minimum absolute atomic E-state index is 0.468. The second-order valence-corrected chi connectivity index (χ2v) is 7.01. The molecule has 4 rings (SSSR count). The zero-order valence-electron chi connectivity index (χ0n) is 15.5. The number of hydrogen-bond acceptors (Lipinski definition) is 5. The Bertz CT molecular complexity index is 1330. The molecule has 0 aliphatic heterocycles. The summed E-state index contributed by atoms with van der Waals surface area (Å²) in [7, 11) is 5.06. The molecule has 0 unspecified atom stereocenters. The van der Waals surface area contributed by atoms with E-state index in [1.165, 1.54) is 0 Å². The summed E-state index contributed by atoms with van der Waals surface area (Å²) in [5, 5.41) is 10.2. The Morgan fingerprint density at radius 2 is 1.96 bits per heavy atom. The second-order valence-electron chi connectivity index (χ2n) is 6.10. The number of rotatable bonds is 3. The topological polar surface area (TPSA) is 77.4 Å². The summed E-state index contributed by atoms with van der Waals surface area (Å²) < 4.78 is 15.6. The summed E-state index contributed by atoms with van der Waals surface area (Å²) in [6.45, 7) is 0. The van der Waals surface area contributed by atoms with Gasteiger partial charge in [-0.15, -0.1) is 4.99 Å². The van der Waals surface area contributed by atoms with Gasteiger partial charge in [0.1, 0.15) is 11.5 Å². The Morgan fingerprint density at radius 1 is 1.14 bits per heavy atom. The molecule has 0 atom stereocenters. The first-order valence-corrected chi connectivity index (χ1v) is 9.19. The first-order chi connectivity index (χ1) is 13.6. The Labute approximate surface area is 169 Å². The van der Waals surface area contributed by atoms with E-state index in [2.05, 4.69) is 25.9 Å². The monoisotopic (exact) mass is 437 g/mol. The summed E-state index contributed by atoms with van der Waals surface area (Å²) in [6, 6.07) is 11.4. The first-order valence-electron chi connectivity index (χ1n) is 8.40. The van der Waals surface area contributed by atoms with Gasteiger partial charge in [0.15, 0.2) is 0 Å². The van der Waals surface area contributed by atoms with E-state index in [1.54, 1.807) is 26.5 Å². The largest absolute Gasteiger partial charge is 0.497 e. The number of nitriles is 1. The predicted octanol–water partition coefficient (Wildman–Crippen LogP) is 3.68. The molecule has 2 heterocycles. The van der Waals surface area contributed by atoms with Crippen LogP contribution in [-0.2, 0) is 7.05 Å². The van der Waals surface area contributed by atoms with E-state index in [-0.39, 0.29) is 0 Å². The Balaban J connectivity index is 2.25. The lowest BCUT2D eigenvalue weighted by Gasteiger charge is -2.13.